The number of anilines is 1. The fraction of sp³-hybridized carbons (Fsp3) is 0.200. The summed E-state index contributed by atoms with van der Waals surface area (Å²) in [7, 11) is 0. The molecular weight excluding hydrogens is 368 g/mol. The highest BCUT2D eigenvalue weighted by Gasteiger charge is 2.10. The van der Waals surface area contributed by atoms with Gasteiger partial charge in [0.1, 0.15) is 5.75 Å². The Labute approximate surface area is 161 Å². The van der Waals surface area contributed by atoms with Crippen LogP contribution in [-0.2, 0) is 6.42 Å². The molecule has 1 aromatic heterocycles. The average Bonchev–Trinajstić information content (AvgIpc) is 3.04. The van der Waals surface area contributed by atoms with Crippen LogP contribution in [0, 0.1) is 0 Å². The molecule has 3 aromatic rings. The molecule has 0 saturated carbocycles. The smallest absolute Gasteiger partial charge is 0.257 e. The molecule has 1 amide bonds. The van der Waals surface area contributed by atoms with E-state index in [-0.39, 0.29) is 12.0 Å². The van der Waals surface area contributed by atoms with Crippen molar-refractivity contribution in [3.8, 4) is 5.75 Å². The maximum absolute atomic E-state index is 12.4. The van der Waals surface area contributed by atoms with Crippen LogP contribution in [0.5, 0.6) is 5.75 Å². The van der Waals surface area contributed by atoms with E-state index in [1.807, 2.05) is 38.1 Å². The zero-order chi connectivity index (χ0) is 18.5. The van der Waals surface area contributed by atoms with E-state index in [1.54, 1.807) is 30.5 Å². The van der Waals surface area contributed by atoms with E-state index in [2.05, 4.69) is 10.3 Å². The van der Waals surface area contributed by atoms with E-state index in [0.29, 0.717) is 10.7 Å². The van der Waals surface area contributed by atoms with Crippen LogP contribution in [0.2, 0.25) is 5.02 Å². The first-order chi connectivity index (χ1) is 12.5. The van der Waals surface area contributed by atoms with Crippen LogP contribution < -0.4 is 10.1 Å². The van der Waals surface area contributed by atoms with Crippen molar-refractivity contribution in [2.45, 2.75) is 26.4 Å². The van der Waals surface area contributed by atoms with Crippen LogP contribution in [0.3, 0.4) is 0 Å². The third-order valence-electron chi connectivity index (χ3n) is 3.55. The normalized spacial score (nSPS) is 10.8. The molecule has 0 bridgehead atoms. The summed E-state index contributed by atoms with van der Waals surface area (Å²) in [4.78, 5) is 17.7. The lowest BCUT2D eigenvalue weighted by Gasteiger charge is -2.09. The number of benzene rings is 2. The largest absolute Gasteiger partial charge is 0.491 e. The Balaban J connectivity index is 1.61. The summed E-state index contributed by atoms with van der Waals surface area (Å²) in [5.74, 6) is 0.560. The van der Waals surface area contributed by atoms with Gasteiger partial charge in [0.25, 0.3) is 5.91 Å². The summed E-state index contributed by atoms with van der Waals surface area (Å²) >= 11 is 7.37. The van der Waals surface area contributed by atoms with E-state index in [0.717, 1.165) is 27.6 Å². The van der Waals surface area contributed by atoms with Gasteiger partial charge in [-0.25, -0.2) is 4.98 Å². The van der Waals surface area contributed by atoms with Crippen LogP contribution >= 0.6 is 22.9 Å². The van der Waals surface area contributed by atoms with Gasteiger partial charge >= 0.3 is 0 Å². The fourth-order valence-corrected chi connectivity index (χ4v) is 3.34. The fourth-order valence-electron chi connectivity index (χ4n) is 2.38. The number of nitrogens with one attached hydrogen (secondary N) is 1. The molecule has 3 rings (SSSR count). The van der Waals surface area contributed by atoms with E-state index in [9.17, 15) is 4.79 Å². The van der Waals surface area contributed by atoms with Crippen molar-refractivity contribution in [2.75, 3.05) is 5.32 Å². The third kappa shape index (κ3) is 5.07. The molecule has 0 spiro atoms. The Morgan fingerprint density at radius 2 is 1.85 bits per heavy atom. The minimum atomic E-state index is -0.187. The molecule has 1 heterocycles. The van der Waals surface area contributed by atoms with Crippen molar-refractivity contribution in [1.29, 1.82) is 0 Å². The van der Waals surface area contributed by atoms with Crippen molar-refractivity contribution in [1.82, 2.24) is 4.98 Å². The number of thiazole rings is 1. The van der Waals surface area contributed by atoms with Gasteiger partial charge in [0.2, 0.25) is 0 Å². The van der Waals surface area contributed by atoms with Gasteiger partial charge in [-0.15, -0.1) is 11.3 Å². The van der Waals surface area contributed by atoms with Gasteiger partial charge in [-0.1, -0.05) is 23.7 Å². The summed E-state index contributed by atoms with van der Waals surface area (Å²) in [6.07, 6.45) is 2.64. The number of halogens is 1. The van der Waals surface area contributed by atoms with Gasteiger partial charge in [0.05, 0.1) is 6.10 Å². The highest BCUT2D eigenvalue weighted by Crippen LogP contribution is 2.23. The van der Waals surface area contributed by atoms with Crippen LogP contribution in [0.25, 0.3) is 0 Å². The molecule has 0 atom stereocenters. The second-order valence-electron chi connectivity index (χ2n) is 6.08. The number of ether oxygens (including phenoxy) is 1. The molecule has 26 heavy (non-hydrogen) atoms. The van der Waals surface area contributed by atoms with Crippen LogP contribution in [0.1, 0.15) is 34.6 Å². The Bertz CT molecular complexity index is 874. The molecular formula is C20H19ClN2O2S. The highest BCUT2D eigenvalue weighted by atomic mass is 35.5. The summed E-state index contributed by atoms with van der Waals surface area (Å²) in [6.45, 7) is 3.93. The maximum Gasteiger partial charge on any atom is 0.257 e. The summed E-state index contributed by atoms with van der Waals surface area (Å²) in [6, 6.07) is 14.8. The van der Waals surface area contributed by atoms with E-state index in [4.69, 9.17) is 16.3 Å². The second kappa shape index (κ2) is 8.34. The third-order valence-corrected chi connectivity index (χ3v) is 4.72. The number of amides is 1. The van der Waals surface area contributed by atoms with Gasteiger partial charge in [0, 0.05) is 28.1 Å². The lowest BCUT2D eigenvalue weighted by molar-refractivity contribution is 0.102. The predicted molar refractivity (Wildman–Crippen MR) is 107 cm³/mol. The Morgan fingerprint density at radius 3 is 2.50 bits per heavy atom. The molecule has 6 heteroatoms. The molecule has 0 saturated heterocycles. The number of aromatic nitrogens is 1. The molecule has 1 N–H and O–H groups in total. The molecule has 134 valence electrons. The van der Waals surface area contributed by atoms with Crippen molar-refractivity contribution >= 4 is 34.0 Å². The van der Waals surface area contributed by atoms with Crippen LogP contribution in [-0.4, -0.2) is 17.0 Å². The minimum Gasteiger partial charge on any atom is -0.491 e. The Hall–Kier alpha value is -2.37. The first-order valence-corrected chi connectivity index (χ1v) is 9.46. The lowest BCUT2D eigenvalue weighted by atomic mass is 10.1. The predicted octanol–water partition coefficient (Wildman–Crippen LogP) is 5.43. The number of carbonyl (C=O) groups is 1. The summed E-state index contributed by atoms with van der Waals surface area (Å²) in [5, 5.41) is 4.14. The molecule has 0 aliphatic heterocycles. The summed E-state index contributed by atoms with van der Waals surface area (Å²) in [5.41, 5.74) is 1.72. The molecule has 0 aliphatic carbocycles. The standard InChI is InChI=1S/C20H19ClN2O2S/c1-13(2)25-17-9-5-15(6-10-17)19(24)23-20-22-12-18(26-20)11-14-3-7-16(21)8-4-14/h3-10,12-13H,11H2,1-2H3,(H,22,23,24). The monoisotopic (exact) mass is 386 g/mol. The van der Waals surface area contributed by atoms with E-state index in [1.165, 1.54) is 11.3 Å². The molecule has 0 fully saturated rings. The van der Waals surface area contributed by atoms with Gasteiger partial charge < -0.3 is 4.74 Å². The molecule has 0 unspecified atom stereocenters. The van der Waals surface area contributed by atoms with E-state index < -0.39 is 0 Å². The van der Waals surface area contributed by atoms with Crippen molar-refractivity contribution < 1.29 is 9.53 Å². The first-order valence-electron chi connectivity index (χ1n) is 8.27. The van der Waals surface area contributed by atoms with Crippen molar-refractivity contribution in [3.63, 3.8) is 0 Å². The molecule has 2 aromatic carbocycles. The number of hydrogen-bond acceptors (Lipinski definition) is 4. The Kier molecular flexibility index (Phi) is 5.91. The second-order valence-corrected chi connectivity index (χ2v) is 7.63. The van der Waals surface area contributed by atoms with E-state index >= 15 is 0 Å². The lowest BCUT2D eigenvalue weighted by Crippen LogP contribution is -2.11. The maximum atomic E-state index is 12.4. The molecule has 0 radical (unpaired) electrons. The zero-order valence-corrected chi connectivity index (χ0v) is 16.1. The number of nitrogens with zero attached hydrogens (tertiary/aromatic N) is 1. The summed E-state index contributed by atoms with van der Waals surface area (Å²) < 4.78 is 5.58. The number of rotatable bonds is 6. The van der Waals surface area contributed by atoms with Gasteiger partial charge in [-0.05, 0) is 55.8 Å². The van der Waals surface area contributed by atoms with Crippen LogP contribution in [0.4, 0.5) is 5.13 Å². The average molecular weight is 387 g/mol. The molecule has 4 nitrogen and oxygen atoms in total. The quantitative estimate of drug-likeness (QED) is 0.614. The SMILES string of the molecule is CC(C)Oc1ccc(C(=O)Nc2ncc(Cc3ccc(Cl)cc3)s2)cc1. The zero-order valence-electron chi connectivity index (χ0n) is 14.5. The van der Waals surface area contributed by atoms with Gasteiger partial charge in [0.15, 0.2) is 5.13 Å². The van der Waals surface area contributed by atoms with Crippen molar-refractivity contribution in [2.24, 2.45) is 0 Å². The molecule has 0 aliphatic rings. The minimum absolute atomic E-state index is 0.101. The van der Waals surface area contributed by atoms with Crippen molar-refractivity contribution in [3.05, 3.63) is 75.8 Å². The highest BCUT2D eigenvalue weighted by molar-refractivity contribution is 7.15. The van der Waals surface area contributed by atoms with Gasteiger partial charge in [-0.2, -0.15) is 0 Å². The first kappa shape index (κ1) is 18.4. The Morgan fingerprint density at radius 1 is 1.15 bits per heavy atom. The van der Waals surface area contributed by atoms with Gasteiger partial charge in [-0.3, -0.25) is 10.1 Å². The van der Waals surface area contributed by atoms with Crippen LogP contribution in [0.15, 0.2) is 54.7 Å². The number of hydrogen-bond donors (Lipinski definition) is 1. The number of carbonyl (C=O) groups excluding carboxylic acids is 1. The topological polar surface area (TPSA) is 51.2 Å².